The number of amides is 1. The molecule has 23 heavy (non-hydrogen) atoms. The smallest absolute Gasteiger partial charge is 0.308 e. The van der Waals surface area contributed by atoms with Gasteiger partial charge in [0.15, 0.2) is 0 Å². The Labute approximate surface area is 144 Å². The number of hydrogen-bond acceptors (Lipinski definition) is 3. The molecule has 0 aliphatic heterocycles. The van der Waals surface area contributed by atoms with Crippen LogP contribution in [-0.4, -0.2) is 23.5 Å². The molecule has 4 nitrogen and oxygen atoms in total. The van der Waals surface area contributed by atoms with Crippen LogP contribution in [0.25, 0.3) is 0 Å². The number of carbonyl (C=O) groups is 2. The Balaban J connectivity index is 1.93. The summed E-state index contributed by atoms with van der Waals surface area (Å²) in [5.41, 5.74) is 0.937. The van der Waals surface area contributed by atoms with E-state index in [2.05, 4.69) is 5.32 Å². The van der Waals surface area contributed by atoms with Crippen molar-refractivity contribution in [3.63, 3.8) is 0 Å². The number of hydrogen-bond donors (Lipinski definition) is 2. The third-order valence-corrected chi connectivity index (χ3v) is 5.02. The number of benzene rings is 1. The Kier molecular flexibility index (Phi) is 6.19. The van der Waals surface area contributed by atoms with Crippen molar-refractivity contribution in [1.82, 2.24) is 5.32 Å². The average molecular weight is 352 g/mol. The van der Waals surface area contributed by atoms with Gasteiger partial charge in [-0.1, -0.05) is 41.9 Å². The van der Waals surface area contributed by atoms with Crippen LogP contribution in [-0.2, 0) is 16.0 Å². The number of thiophene rings is 1. The standard InChI is InChI=1S/C17H18ClNO3S/c1-11(14-7-8-15(18)23-14)16(20)19-10-13(17(21)22)9-12-5-3-2-4-6-12/h2-8,11,13H,9-10H2,1H3,(H,19,20)(H,21,22). The van der Waals surface area contributed by atoms with Crippen molar-refractivity contribution in [1.29, 1.82) is 0 Å². The molecule has 0 aliphatic carbocycles. The molecule has 2 N–H and O–H groups in total. The quantitative estimate of drug-likeness (QED) is 0.801. The van der Waals surface area contributed by atoms with E-state index in [4.69, 9.17) is 11.6 Å². The fraction of sp³-hybridized carbons (Fsp3) is 0.294. The fourth-order valence-electron chi connectivity index (χ4n) is 2.21. The first-order chi connectivity index (χ1) is 11.0. The number of carbonyl (C=O) groups excluding carboxylic acids is 1. The highest BCUT2D eigenvalue weighted by Gasteiger charge is 2.22. The van der Waals surface area contributed by atoms with E-state index in [0.29, 0.717) is 10.8 Å². The number of carboxylic acid groups (broad SMARTS) is 1. The second-order valence-electron chi connectivity index (χ2n) is 5.33. The summed E-state index contributed by atoms with van der Waals surface area (Å²) in [6, 6.07) is 13.0. The zero-order valence-electron chi connectivity index (χ0n) is 12.7. The molecule has 6 heteroatoms. The van der Waals surface area contributed by atoms with Gasteiger partial charge >= 0.3 is 5.97 Å². The minimum absolute atomic E-state index is 0.104. The molecule has 2 rings (SSSR count). The molecule has 1 heterocycles. The van der Waals surface area contributed by atoms with Crippen molar-refractivity contribution in [2.24, 2.45) is 5.92 Å². The van der Waals surface area contributed by atoms with Gasteiger partial charge in [-0.05, 0) is 31.0 Å². The maximum absolute atomic E-state index is 12.2. The molecule has 122 valence electrons. The first kappa shape index (κ1) is 17.5. The van der Waals surface area contributed by atoms with E-state index in [9.17, 15) is 14.7 Å². The topological polar surface area (TPSA) is 66.4 Å². The van der Waals surface area contributed by atoms with Gasteiger partial charge in [0, 0.05) is 11.4 Å². The van der Waals surface area contributed by atoms with Gasteiger partial charge < -0.3 is 10.4 Å². The lowest BCUT2D eigenvalue weighted by molar-refractivity contribution is -0.141. The molecule has 2 atom stereocenters. The van der Waals surface area contributed by atoms with Crippen LogP contribution < -0.4 is 5.32 Å². The highest BCUT2D eigenvalue weighted by molar-refractivity contribution is 7.16. The molecule has 1 amide bonds. The number of aliphatic carboxylic acids is 1. The second-order valence-corrected chi connectivity index (χ2v) is 7.08. The largest absolute Gasteiger partial charge is 0.481 e. The van der Waals surface area contributed by atoms with Crippen molar-refractivity contribution in [2.75, 3.05) is 6.54 Å². The monoisotopic (exact) mass is 351 g/mol. The van der Waals surface area contributed by atoms with E-state index in [1.54, 1.807) is 13.0 Å². The molecule has 2 aromatic rings. The predicted octanol–water partition coefficient (Wildman–Crippen LogP) is 3.56. The third kappa shape index (κ3) is 5.08. The number of carboxylic acids is 1. The molecule has 0 spiro atoms. The van der Waals surface area contributed by atoms with Crippen LogP contribution in [0.15, 0.2) is 42.5 Å². The van der Waals surface area contributed by atoms with Crippen molar-refractivity contribution in [3.05, 3.63) is 57.2 Å². The van der Waals surface area contributed by atoms with Gasteiger partial charge in [0.1, 0.15) is 0 Å². The zero-order valence-corrected chi connectivity index (χ0v) is 14.2. The molecule has 0 saturated heterocycles. The highest BCUT2D eigenvalue weighted by Crippen LogP contribution is 2.28. The third-order valence-electron chi connectivity index (χ3n) is 3.61. The van der Waals surface area contributed by atoms with Gasteiger partial charge in [-0.25, -0.2) is 0 Å². The average Bonchev–Trinajstić information content (AvgIpc) is 2.97. The first-order valence-electron chi connectivity index (χ1n) is 7.27. The van der Waals surface area contributed by atoms with Gasteiger partial charge in [-0.3, -0.25) is 9.59 Å². The Morgan fingerprint density at radius 3 is 2.48 bits per heavy atom. The lowest BCUT2D eigenvalue weighted by atomic mass is 9.99. The molecule has 0 aliphatic rings. The Morgan fingerprint density at radius 1 is 1.22 bits per heavy atom. The summed E-state index contributed by atoms with van der Waals surface area (Å²) >= 11 is 7.23. The molecule has 0 saturated carbocycles. The number of halogens is 1. The van der Waals surface area contributed by atoms with E-state index in [1.165, 1.54) is 11.3 Å². The van der Waals surface area contributed by atoms with E-state index in [0.717, 1.165) is 10.4 Å². The Hall–Kier alpha value is -1.85. The number of nitrogens with one attached hydrogen (secondary N) is 1. The molecular weight excluding hydrogens is 334 g/mol. The maximum atomic E-state index is 12.2. The lowest BCUT2D eigenvalue weighted by Gasteiger charge is -2.15. The van der Waals surface area contributed by atoms with E-state index in [1.807, 2.05) is 36.4 Å². The van der Waals surface area contributed by atoms with Crippen molar-refractivity contribution < 1.29 is 14.7 Å². The molecule has 1 aromatic heterocycles. The van der Waals surface area contributed by atoms with Crippen LogP contribution in [0, 0.1) is 5.92 Å². The normalized spacial score (nSPS) is 13.3. The van der Waals surface area contributed by atoms with Crippen molar-refractivity contribution in [3.8, 4) is 0 Å². The van der Waals surface area contributed by atoms with Gasteiger partial charge in [-0.2, -0.15) is 0 Å². The fourth-order valence-corrected chi connectivity index (χ4v) is 3.32. The minimum Gasteiger partial charge on any atom is -0.481 e. The second kappa shape index (κ2) is 8.13. The lowest BCUT2D eigenvalue weighted by Crippen LogP contribution is -2.36. The minimum atomic E-state index is -0.916. The van der Waals surface area contributed by atoms with Crippen LogP contribution >= 0.6 is 22.9 Å². The van der Waals surface area contributed by atoms with Crippen molar-refractivity contribution in [2.45, 2.75) is 19.3 Å². The van der Waals surface area contributed by atoms with E-state index < -0.39 is 11.9 Å². The van der Waals surface area contributed by atoms with E-state index >= 15 is 0 Å². The summed E-state index contributed by atoms with van der Waals surface area (Å²) in [6.45, 7) is 1.89. The molecule has 0 bridgehead atoms. The Bertz CT molecular complexity index is 671. The molecular formula is C17H18ClNO3S. The summed E-state index contributed by atoms with van der Waals surface area (Å²) in [5.74, 6) is -2.11. The first-order valence-corrected chi connectivity index (χ1v) is 8.46. The summed E-state index contributed by atoms with van der Waals surface area (Å²) in [5, 5.41) is 12.1. The van der Waals surface area contributed by atoms with Crippen LogP contribution in [0.2, 0.25) is 4.34 Å². The summed E-state index contributed by atoms with van der Waals surface area (Å²) < 4.78 is 0.632. The zero-order chi connectivity index (χ0) is 16.8. The summed E-state index contributed by atoms with van der Waals surface area (Å²) in [4.78, 5) is 24.4. The molecule has 0 fully saturated rings. The summed E-state index contributed by atoms with van der Waals surface area (Å²) in [7, 11) is 0. The van der Waals surface area contributed by atoms with Crippen LogP contribution in [0.4, 0.5) is 0 Å². The Morgan fingerprint density at radius 2 is 1.91 bits per heavy atom. The van der Waals surface area contributed by atoms with Crippen molar-refractivity contribution >= 4 is 34.8 Å². The van der Waals surface area contributed by atoms with E-state index in [-0.39, 0.29) is 18.4 Å². The molecule has 1 aromatic carbocycles. The van der Waals surface area contributed by atoms with Gasteiger partial charge in [0.2, 0.25) is 5.91 Å². The predicted molar refractivity (Wildman–Crippen MR) is 92.0 cm³/mol. The van der Waals surface area contributed by atoms with Crippen LogP contribution in [0.1, 0.15) is 23.3 Å². The van der Waals surface area contributed by atoms with Gasteiger partial charge in [0.05, 0.1) is 16.2 Å². The van der Waals surface area contributed by atoms with Gasteiger partial charge in [-0.15, -0.1) is 11.3 Å². The van der Waals surface area contributed by atoms with Crippen LogP contribution in [0.5, 0.6) is 0 Å². The molecule has 0 radical (unpaired) electrons. The molecule has 2 unspecified atom stereocenters. The van der Waals surface area contributed by atoms with Crippen LogP contribution in [0.3, 0.4) is 0 Å². The summed E-state index contributed by atoms with van der Waals surface area (Å²) in [6.07, 6.45) is 0.385. The highest BCUT2D eigenvalue weighted by atomic mass is 35.5. The van der Waals surface area contributed by atoms with Gasteiger partial charge in [0.25, 0.3) is 0 Å². The number of rotatable bonds is 7. The SMILES string of the molecule is CC(C(=O)NCC(Cc1ccccc1)C(=O)O)c1ccc(Cl)s1. The maximum Gasteiger partial charge on any atom is 0.308 e.